The third-order valence-electron chi connectivity index (χ3n) is 2.49. The minimum atomic E-state index is -1.21. The van der Waals surface area contributed by atoms with E-state index in [-0.39, 0.29) is 11.5 Å². The fourth-order valence-corrected chi connectivity index (χ4v) is 1.46. The van der Waals surface area contributed by atoms with E-state index in [2.05, 4.69) is 26.4 Å². The molecule has 18 heavy (non-hydrogen) atoms. The molecular formula is C11H13BrFN3O2. The molecule has 1 amide bonds. The number of hydrogen-bond acceptors (Lipinski definition) is 3. The zero-order valence-corrected chi connectivity index (χ0v) is 11.5. The Morgan fingerprint density at radius 2 is 2.17 bits per heavy atom. The standard InChI is InChI=1S/C11H13BrFN3O2/c1-11(2,9(14)16-18)10(17)15-8-5-6(13)3-4-7(8)12/h3-5,18H,1-2H3,(H2,14,16)(H,15,17). The Bertz CT molecular complexity index is 503. The first-order valence-electron chi connectivity index (χ1n) is 5.03. The van der Waals surface area contributed by atoms with Crippen LogP contribution in [-0.4, -0.2) is 17.0 Å². The molecule has 0 radical (unpaired) electrons. The van der Waals surface area contributed by atoms with Crippen LogP contribution >= 0.6 is 15.9 Å². The molecule has 0 bridgehead atoms. The number of amidine groups is 1. The number of nitrogens with two attached hydrogens (primary N) is 1. The lowest BCUT2D eigenvalue weighted by atomic mass is 9.91. The molecule has 0 fully saturated rings. The number of oxime groups is 1. The van der Waals surface area contributed by atoms with Crippen molar-refractivity contribution in [3.05, 3.63) is 28.5 Å². The molecule has 0 spiro atoms. The van der Waals surface area contributed by atoms with Gasteiger partial charge in [-0.2, -0.15) is 0 Å². The molecule has 0 aliphatic heterocycles. The first kappa shape index (κ1) is 14.4. The average molecular weight is 318 g/mol. The van der Waals surface area contributed by atoms with Crippen LogP contribution in [0.3, 0.4) is 0 Å². The Balaban J connectivity index is 2.98. The van der Waals surface area contributed by atoms with Crippen molar-refractivity contribution in [2.24, 2.45) is 16.3 Å². The number of nitrogens with one attached hydrogen (secondary N) is 1. The summed E-state index contributed by atoms with van der Waals surface area (Å²) in [6, 6.07) is 3.90. The fraction of sp³-hybridized carbons (Fsp3) is 0.273. The molecule has 4 N–H and O–H groups in total. The number of hydrogen-bond donors (Lipinski definition) is 3. The number of benzene rings is 1. The maximum atomic E-state index is 13.1. The maximum absolute atomic E-state index is 13.1. The van der Waals surface area contributed by atoms with Gasteiger partial charge in [-0.3, -0.25) is 4.79 Å². The number of carbonyl (C=O) groups is 1. The number of nitrogens with zero attached hydrogens (tertiary/aromatic N) is 1. The van der Waals surface area contributed by atoms with Gasteiger partial charge in [-0.15, -0.1) is 0 Å². The van der Waals surface area contributed by atoms with Gasteiger partial charge in [-0.05, 0) is 48.0 Å². The van der Waals surface area contributed by atoms with Crippen molar-refractivity contribution in [1.29, 1.82) is 0 Å². The van der Waals surface area contributed by atoms with Crippen molar-refractivity contribution in [2.75, 3.05) is 5.32 Å². The van der Waals surface area contributed by atoms with Crippen molar-refractivity contribution >= 4 is 33.4 Å². The molecule has 0 saturated carbocycles. The predicted molar refractivity (Wildman–Crippen MR) is 69.9 cm³/mol. The third kappa shape index (κ3) is 2.98. The van der Waals surface area contributed by atoms with Crippen LogP contribution in [-0.2, 0) is 4.79 Å². The lowest BCUT2D eigenvalue weighted by Gasteiger charge is -2.22. The summed E-state index contributed by atoms with van der Waals surface area (Å²) in [5, 5.41) is 13.9. The summed E-state index contributed by atoms with van der Waals surface area (Å²) in [5.74, 6) is -1.22. The van der Waals surface area contributed by atoms with Crippen LogP contribution in [0.4, 0.5) is 10.1 Å². The van der Waals surface area contributed by atoms with E-state index in [0.29, 0.717) is 4.47 Å². The van der Waals surface area contributed by atoms with Crippen LogP contribution in [0, 0.1) is 11.2 Å². The molecule has 7 heteroatoms. The number of halogens is 2. The van der Waals surface area contributed by atoms with E-state index in [1.807, 2.05) is 0 Å². The second kappa shape index (κ2) is 5.34. The molecule has 0 aromatic heterocycles. The third-order valence-corrected chi connectivity index (χ3v) is 3.18. The van der Waals surface area contributed by atoms with Gasteiger partial charge < -0.3 is 16.3 Å². The van der Waals surface area contributed by atoms with Gasteiger partial charge in [0.25, 0.3) is 0 Å². The molecule has 1 aromatic carbocycles. The van der Waals surface area contributed by atoms with Crippen molar-refractivity contribution in [3.63, 3.8) is 0 Å². The summed E-state index contributed by atoms with van der Waals surface area (Å²) in [7, 11) is 0. The van der Waals surface area contributed by atoms with Crippen molar-refractivity contribution in [2.45, 2.75) is 13.8 Å². The highest BCUT2D eigenvalue weighted by Gasteiger charge is 2.33. The Hall–Kier alpha value is -1.63. The summed E-state index contributed by atoms with van der Waals surface area (Å²) in [6.07, 6.45) is 0. The van der Waals surface area contributed by atoms with Gasteiger partial charge >= 0.3 is 0 Å². The SMILES string of the molecule is CC(C)(C(=O)Nc1cc(F)ccc1Br)/C(N)=N/O. The average Bonchev–Trinajstić information content (AvgIpc) is 2.32. The topological polar surface area (TPSA) is 87.7 Å². The Morgan fingerprint density at radius 3 is 2.72 bits per heavy atom. The van der Waals surface area contributed by atoms with Crippen molar-refractivity contribution < 1.29 is 14.4 Å². The van der Waals surface area contributed by atoms with E-state index < -0.39 is 17.1 Å². The van der Waals surface area contributed by atoms with Crippen LogP contribution in [0.2, 0.25) is 0 Å². The Morgan fingerprint density at radius 1 is 1.56 bits per heavy atom. The largest absolute Gasteiger partial charge is 0.409 e. The second-order valence-electron chi connectivity index (χ2n) is 4.19. The first-order chi connectivity index (χ1) is 8.28. The maximum Gasteiger partial charge on any atom is 0.237 e. The normalized spacial score (nSPS) is 12.3. The lowest BCUT2D eigenvalue weighted by Crippen LogP contribution is -2.42. The zero-order valence-electron chi connectivity index (χ0n) is 9.87. The molecule has 98 valence electrons. The quantitative estimate of drug-likeness (QED) is 0.346. The fourth-order valence-electron chi connectivity index (χ4n) is 1.11. The second-order valence-corrected chi connectivity index (χ2v) is 5.04. The molecule has 1 rings (SSSR count). The number of carbonyl (C=O) groups excluding carboxylic acids is 1. The van der Waals surface area contributed by atoms with E-state index in [1.54, 1.807) is 0 Å². The van der Waals surface area contributed by atoms with E-state index in [1.165, 1.54) is 32.0 Å². The molecule has 0 unspecified atom stereocenters. The predicted octanol–water partition coefficient (Wildman–Crippen LogP) is 2.30. The van der Waals surface area contributed by atoms with Gasteiger partial charge in [-0.25, -0.2) is 4.39 Å². The Labute approximate surface area is 112 Å². The van der Waals surface area contributed by atoms with E-state index >= 15 is 0 Å². The minimum absolute atomic E-state index is 0.229. The van der Waals surface area contributed by atoms with Crippen LogP contribution in [0.5, 0.6) is 0 Å². The summed E-state index contributed by atoms with van der Waals surface area (Å²) < 4.78 is 13.6. The molecule has 0 atom stereocenters. The van der Waals surface area contributed by atoms with E-state index in [9.17, 15) is 9.18 Å². The Kier molecular flexibility index (Phi) is 4.28. The van der Waals surface area contributed by atoms with Gasteiger partial charge in [0.2, 0.25) is 5.91 Å². The lowest BCUT2D eigenvalue weighted by molar-refractivity contribution is -0.121. The highest BCUT2D eigenvalue weighted by Crippen LogP contribution is 2.26. The summed E-state index contributed by atoms with van der Waals surface area (Å²) in [5.41, 5.74) is 4.50. The number of rotatable bonds is 3. The van der Waals surface area contributed by atoms with Gasteiger partial charge in [0.1, 0.15) is 11.2 Å². The van der Waals surface area contributed by atoms with Crippen molar-refractivity contribution in [1.82, 2.24) is 0 Å². The van der Waals surface area contributed by atoms with E-state index in [4.69, 9.17) is 10.9 Å². The zero-order chi connectivity index (χ0) is 13.9. The molecule has 0 heterocycles. The first-order valence-corrected chi connectivity index (χ1v) is 5.83. The molecular weight excluding hydrogens is 305 g/mol. The van der Waals surface area contributed by atoms with Gasteiger partial charge in [0.05, 0.1) is 5.69 Å². The molecule has 5 nitrogen and oxygen atoms in total. The number of anilines is 1. The van der Waals surface area contributed by atoms with Crippen LogP contribution in [0.1, 0.15) is 13.8 Å². The smallest absolute Gasteiger partial charge is 0.237 e. The highest BCUT2D eigenvalue weighted by atomic mass is 79.9. The van der Waals surface area contributed by atoms with Gasteiger partial charge in [-0.1, -0.05) is 5.16 Å². The van der Waals surface area contributed by atoms with E-state index in [0.717, 1.165) is 0 Å². The molecule has 1 aromatic rings. The molecule has 0 aliphatic rings. The molecule has 0 aliphatic carbocycles. The summed E-state index contributed by atoms with van der Waals surface area (Å²) in [6.45, 7) is 2.98. The minimum Gasteiger partial charge on any atom is -0.409 e. The summed E-state index contributed by atoms with van der Waals surface area (Å²) in [4.78, 5) is 12.0. The van der Waals surface area contributed by atoms with Crippen LogP contribution in [0.15, 0.2) is 27.8 Å². The van der Waals surface area contributed by atoms with Crippen molar-refractivity contribution in [3.8, 4) is 0 Å². The van der Waals surface area contributed by atoms with Gasteiger partial charge in [0, 0.05) is 4.47 Å². The summed E-state index contributed by atoms with van der Waals surface area (Å²) >= 11 is 3.19. The number of amides is 1. The molecule has 0 saturated heterocycles. The highest BCUT2D eigenvalue weighted by molar-refractivity contribution is 9.10. The monoisotopic (exact) mass is 317 g/mol. The van der Waals surface area contributed by atoms with Crippen LogP contribution < -0.4 is 11.1 Å². The van der Waals surface area contributed by atoms with Crippen LogP contribution in [0.25, 0.3) is 0 Å². The van der Waals surface area contributed by atoms with Gasteiger partial charge in [0.15, 0.2) is 5.84 Å².